The Morgan fingerprint density at radius 1 is 1.06 bits per heavy atom. The van der Waals surface area contributed by atoms with Crippen molar-refractivity contribution in [3.63, 3.8) is 0 Å². The molecule has 184 valence electrons. The highest BCUT2D eigenvalue weighted by Crippen LogP contribution is 2.30. The van der Waals surface area contributed by atoms with Crippen molar-refractivity contribution in [3.8, 4) is 5.75 Å². The molecule has 8 heteroatoms. The Labute approximate surface area is 209 Å². The number of nitrogens with zero attached hydrogens (tertiary/aromatic N) is 2. The Kier molecular flexibility index (Phi) is 11.0. The smallest absolute Gasteiger partial charge is 0.317 e. The number of piperidine rings is 1. The van der Waals surface area contributed by atoms with E-state index in [4.69, 9.17) is 4.74 Å². The van der Waals surface area contributed by atoms with Gasteiger partial charge in [-0.05, 0) is 75.5 Å². The predicted octanol–water partition coefficient (Wildman–Crippen LogP) is 4.01. The zero-order chi connectivity index (χ0) is 21.5. The van der Waals surface area contributed by atoms with E-state index < -0.39 is 11.4 Å². The van der Waals surface area contributed by atoms with Gasteiger partial charge in [-0.15, -0.1) is 24.8 Å². The molecule has 2 N–H and O–H groups in total. The van der Waals surface area contributed by atoms with E-state index in [0.29, 0.717) is 12.2 Å². The van der Waals surface area contributed by atoms with Gasteiger partial charge in [0.2, 0.25) is 0 Å². The Hall–Kier alpha value is -1.73. The normalized spacial score (nSPS) is 23.5. The van der Waals surface area contributed by atoms with Crippen molar-refractivity contribution in [3.05, 3.63) is 48.6 Å². The maximum atomic E-state index is 11.7. The summed E-state index contributed by atoms with van der Waals surface area (Å²) in [5, 5.41) is 13.1. The van der Waals surface area contributed by atoms with Gasteiger partial charge in [-0.2, -0.15) is 0 Å². The van der Waals surface area contributed by atoms with Crippen LogP contribution in [-0.2, 0) is 4.79 Å². The molecule has 6 nitrogen and oxygen atoms in total. The number of benzene rings is 1. The molecular weight excluding hydrogens is 461 g/mol. The topological polar surface area (TPSA) is 65.0 Å². The monoisotopic (exact) mass is 497 g/mol. The summed E-state index contributed by atoms with van der Waals surface area (Å²) in [5.41, 5.74) is 0.233. The number of carboxylic acids is 1. The van der Waals surface area contributed by atoms with Gasteiger partial charge < -0.3 is 20.1 Å². The second-order valence-corrected chi connectivity index (χ2v) is 9.05. The first kappa shape index (κ1) is 27.5. The first-order valence-electron chi connectivity index (χ1n) is 11.6. The molecule has 1 unspecified atom stereocenters. The van der Waals surface area contributed by atoms with Gasteiger partial charge in [0.1, 0.15) is 17.8 Å². The van der Waals surface area contributed by atoms with Gasteiger partial charge >= 0.3 is 5.97 Å². The lowest BCUT2D eigenvalue weighted by Gasteiger charge is -2.37. The molecule has 1 aliphatic carbocycles. The van der Waals surface area contributed by atoms with Crippen LogP contribution in [0.25, 0.3) is 0 Å². The average molecular weight is 498 g/mol. The molecular formula is C25H37Cl2N3O3. The Morgan fingerprint density at radius 3 is 2.36 bits per heavy atom. The lowest BCUT2D eigenvalue weighted by atomic mass is 9.82. The molecule has 0 spiro atoms. The average Bonchev–Trinajstić information content (AvgIpc) is 2.83. The highest BCUT2D eigenvalue weighted by Gasteiger charge is 2.36. The van der Waals surface area contributed by atoms with E-state index in [0.717, 1.165) is 32.1 Å². The fourth-order valence-electron chi connectivity index (χ4n) is 4.72. The van der Waals surface area contributed by atoms with Gasteiger partial charge in [-0.25, -0.2) is 0 Å². The van der Waals surface area contributed by atoms with Gasteiger partial charge in [-0.3, -0.25) is 9.69 Å². The molecule has 4 rings (SSSR count). The van der Waals surface area contributed by atoms with Crippen LogP contribution >= 0.6 is 24.8 Å². The number of rotatable bonds is 8. The zero-order valence-corrected chi connectivity index (χ0v) is 20.8. The summed E-state index contributed by atoms with van der Waals surface area (Å²) in [6, 6.07) is 8.08. The van der Waals surface area contributed by atoms with Crippen molar-refractivity contribution in [2.75, 3.05) is 57.3 Å². The lowest BCUT2D eigenvalue weighted by molar-refractivity contribution is -0.147. The molecule has 0 saturated carbocycles. The first-order valence-corrected chi connectivity index (χ1v) is 11.6. The van der Waals surface area contributed by atoms with Crippen LogP contribution in [0.15, 0.2) is 48.6 Å². The zero-order valence-electron chi connectivity index (χ0n) is 19.2. The van der Waals surface area contributed by atoms with Crippen LogP contribution in [0.5, 0.6) is 5.75 Å². The number of aliphatic carboxylic acids is 1. The molecule has 1 aromatic carbocycles. The minimum atomic E-state index is -0.974. The molecule has 2 fully saturated rings. The van der Waals surface area contributed by atoms with Crippen LogP contribution < -0.4 is 15.0 Å². The molecule has 0 amide bonds. The number of allylic oxidation sites excluding steroid dienone is 3. The second kappa shape index (κ2) is 13.2. The third-order valence-corrected chi connectivity index (χ3v) is 6.95. The highest BCUT2D eigenvalue weighted by atomic mass is 35.5. The molecule has 2 heterocycles. The molecule has 1 aromatic rings. The number of hydrogen-bond acceptors (Lipinski definition) is 5. The maximum absolute atomic E-state index is 11.7. The molecule has 2 aliphatic heterocycles. The molecule has 0 bridgehead atoms. The molecule has 2 saturated heterocycles. The van der Waals surface area contributed by atoms with Crippen molar-refractivity contribution in [2.24, 2.45) is 11.3 Å². The van der Waals surface area contributed by atoms with E-state index in [9.17, 15) is 9.90 Å². The summed E-state index contributed by atoms with van der Waals surface area (Å²) in [7, 11) is 0. The summed E-state index contributed by atoms with van der Waals surface area (Å²) >= 11 is 0. The lowest BCUT2D eigenvalue weighted by Crippen LogP contribution is -2.47. The molecule has 1 atom stereocenters. The van der Waals surface area contributed by atoms with Gasteiger partial charge in [0.25, 0.3) is 0 Å². The van der Waals surface area contributed by atoms with E-state index in [1.165, 1.54) is 44.6 Å². The molecule has 0 aromatic heterocycles. The van der Waals surface area contributed by atoms with E-state index in [1.54, 1.807) is 12.2 Å². The van der Waals surface area contributed by atoms with E-state index >= 15 is 0 Å². The van der Waals surface area contributed by atoms with Crippen LogP contribution in [0.4, 0.5) is 5.69 Å². The van der Waals surface area contributed by atoms with Gasteiger partial charge in [-0.1, -0.05) is 24.3 Å². The van der Waals surface area contributed by atoms with Crippen molar-refractivity contribution in [1.82, 2.24) is 10.2 Å². The Morgan fingerprint density at radius 2 is 1.76 bits per heavy atom. The van der Waals surface area contributed by atoms with Crippen molar-refractivity contribution in [2.45, 2.75) is 25.7 Å². The fourth-order valence-corrected chi connectivity index (χ4v) is 4.72. The Bertz CT molecular complexity index is 789. The van der Waals surface area contributed by atoms with Crippen LogP contribution in [0, 0.1) is 11.3 Å². The van der Waals surface area contributed by atoms with Gasteiger partial charge in [0.15, 0.2) is 0 Å². The van der Waals surface area contributed by atoms with Crippen molar-refractivity contribution in [1.29, 1.82) is 0 Å². The standard InChI is InChI=1S/C25H35N3O3.2ClH/c29-24(30)25(11-2-1-3-12-25)20-31-23-6-4-22(5-7-23)28-18-16-27(17-19-28)15-10-21-8-13-26-14-9-21;;/h1-7,11,21,26H,8-10,12-20H2,(H,29,30);2*1H. The predicted molar refractivity (Wildman–Crippen MR) is 138 cm³/mol. The van der Waals surface area contributed by atoms with Gasteiger partial charge in [0, 0.05) is 31.9 Å². The number of ether oxygens (including phenoxy) is 1. The quantitative estimate of drug-likeness (QED) is 0.565. The summed E-state index contributed by atoms with van der Waals surface area (Å²) in [6.07, 6.45) is 11.7. The largest absolute Gasteiger partial charge is 0.492 e. The molecule has 0 radical (unpaired) electrons. The summed E-state index contributed by atoms with van der Waals surface area (Å²) in [4.78, 5) is 16.8. The second-order valence-electron chi connectivity index (χ2n) is 9.05. The van der Waals surface area contributed by atoms with Crippen molar-refractivity contribution < 1.29 is 14.6 Å². The minimum absolute atomic E-state index is 0. The number of piperazine rings is 1. The highest BCUT2D eigenvalue weighted by molar-refractivity contribution is 5.85. The number of nitrogens with one attached hydrogen (secondary N) is 1. The van der Waals surface area contributed by atoms with E-state index in [1.807, 2.05) is 24.3 Å². The molecule has 33 heavy (non-hydrogen) atoms. The van der Waals surface area contributed by atoms with E-state index in [-0.39, 0.29) is 31.4 Å². The van der Waals surface area contributed by atoms with Crippen LogP contribution in [0.3, 0.4) is 0 Å². The van der Waals surface area contributed by atoms with Crippen LogP contribution in [0.1, 0.15) is 25.7 Å². The number of carbonyl (C=O) groups is 1. The van der Waals surface area contributed by atoms with Crippen molar-refractivity contribution >= 4 is 36.5 Å². The van der Waals surface area contributed by atoms with E-state index in [2.05, 4.69) is 27.2 Å². The fraction of sp³-hybridized carbons (Fsp3) is 0.560. The minimum Gasteiger partial charge on any atom is -0.492 e. The number of halogens is 2. The number of carboxylic acid groups (broad SMARTS) is 1. The molecule has 3 aliphatic rings. The van der Waals surface area contributed by atoms with Gasteiger partial charge in [0.05, 0.1) is 0 Å². The number of hydrogen-bond donors (Lipinski definition) is 2. The Balaban J connectivity index is 0.00000193. The summed E-state index contributed by atoms with van der Waals surface area (Å²) in [6.45, 7) is 8.05. The maximum Gasteiger partial charge on any atom is 0.317 e. The van der Waals surface area contributed by atoms with Crippen LogP contribution in [0.2, 0.25) is 0 Å². The third-order valence-electron chi connectivity index (χ3n) is 6.95. The third kappa shape index (κ3) is 7.38. The SMILES string of the molecule is Cl.Cl.O=C(O)C1(COc2ccc(N3CCN(CCC4CCNCC4)CC3)cc2)C=CC=CC1. The first-order chi connectivity index (χ1) is 15.1. The summed E-state index contributed by atoms with van der Waals surface area (Å²) < 4.78 is 5.86. The van der Waals surface area contributed by atoms with Crippen LogP contribution in [-0.4, -0.2) is 68.4 Å². The number of anilines is 1. The summed E-state index contributed by atoms with van der Waals surface area (Å²) in [5.74, 6) is 0.767.